The Balaban J connectivity index is 2.88. The van der Waals surface area contributed by atoms with Crippen LogP contribution in [-0.4, -0.2) is 14.6 Å². The van der Waals surface area contributed by atoms with Crippen molar-refractivity contribution >= 4 is 21.6 Å². The average Bonchev–Trinajstić information content (AvgIpc) is 2.31. The molecule has 2 aromatic heterocycles. The predicted molar refractivity (Wildman–Crippen MR) is 50.2 cm³/mol. The van der Waals surface area contributed by atoms with Crippen molar-refractivity contribution < 1.29 is 0 Å². The number of rotatable bonds is 0. The minimum absolute atomic E-state index is 0.882. The second kappa shape index (κ2) is 2.55. The molecule has 0 aliphatic carbocycles. The van der Waals surface area contributed by atoms with E-state index in [-0.39, 0.29) is 0 Å². The van der Waals surface area contributed by atoms with Gasteiger partial charge in [0.1, 0.15) is 0 Å². The van der Waals surface area contributed by atoms with Crippen molar-refractivity contribution in [2.45, 2.75) is 13.8 Å². The second-order valence-corrected chi connectivity index (χ2v) is 3.53. The molecule has 0 fully saturated rings. The summed E-state index contributed by atoms with van der Waals surface area (Å²) in [6.45, 7) is 3.92. The van der Waals surface area contributed by atoms with E-state index >= 15 is 0 Å². The SMILES string of the molecule is Cc1ccn2nc(C)c(Br)c2n1. The summed E-state index contributed by atoms with van der Waals surface area (Å²) in [4.78, 5) is 4.35. The Hall–Kier alpha value is -0.900. The largest absolute Gasteiger partial charge is 0.233 e. The molecule has 0 radical (unpaired) electrons. The van der Waals surface area contributed by atoms with E-state index in [0.29, 0.717) is 0 Å². The van der Waals surface area contributed by atoms with Crippen LogP contribution in [0.2, 0.25) is 0 Å². The quantitative estimate of drug-likeness (QED) is 0.688. The maximum absolute atomic E-state index is 4.35. The van der Waals surface area contributed by atoms with Crippen molar-refractivity contribution in [3.8, 4) is 0 Å². The van der Waals surface area contributed by atoms with E-state index in [0.717, 1.165) is 21.5 Å². The highest BCUT2D eigenvalue weighted by Crippen LogP contribution is 2.19. The second-order valence-electron chi connectivity index (χ2n) is 2.74. The molecule has 4 heteroatoms. The van der Waals surface area contributed by atoms with E-state index in [2.05, 4.69) is 26.0 Å². The summed E-state index contributed by atoms with van der Waals surface area (Å²) in [6, 6.07) is 1.94. The molecule has 0 N–H and O–H groups in total. The van der Waals surface area contributed by atoms with E-state index in [9.17, 15) is 0 Å². The van der Waals surface area contributed by atoms with Gasteiger partial charge in [-0.25, -0.2) is 9.50 Å². The lowest BCUT2D eigenvalue weighted by atomic mass is 10.4. The van der Waals surface area contributed by atoms with Crippen LogP contribution in [0.5, 0.6) is 0 Å². The monoisotopic (exact) mass is 225 g/mol. The molecule has 2 heterocycles. The lowest BCUT2D eigenvalue weighted by molar-refractivity contribution is 0.909. The van der Waals surface area contributed by atoms with Gasteiger partial charge < -0.3 is 0 Å². The molecule has 0 atom stereocenters. The van der Waals surface area contributed by atoms with Crippen molar-refractivity contribution in [2.75, 3.05) is 0 Å². The first-order valence-electron chi connectivity index (χ1n) is 3.66. The van der Waals surface area contributed by atoms with Crippen LogP contribution in [0.3, 0.4) is 0 Å². The standard InChI is InChI=1S/C8H8BrN3/c1-5-3-4-12-8(10-5)7(9)6(2)11-12/h3-4H,1-2H3. The van der Waals surface area contributed by atoms with Gasteiger partial charge in [-0.2, -0.15) is 5.10 Å². The Morgan fingerprint density at radius 1 is 1.42 bits per heavy atom. The normalized spacial score (nSPS) is 10.9. The summed E-state index contributed by atoms with van der Waals surface area (Å²) in [5.41, 5.74) is 2.85. The molecule has 62 valence electrons. The summed E-state index contributed by atoms with van der Waals surface area (Å²) in [7, 11) is 0. The van der Waals surface area contributed by atoms with Crippen LogP contribution in [0, 0.1) is 13.8 Å². The first-order chi connectivity index (χ1) is 5.68. The topological polar surface area (TPSA) is 30.2 Å². The third kappa shape index (κ3) is 1.03. The van der Waals surface area contributed by atoms with Gasteiger partial charge in [0, 0.05) is 11.9 Å². The number of hydrogen-bond donors (Lipinski definition) is 0. The molecular formula is C8H8BrN3. The third-order valence-corrected chi connectivity index (χ3v) is 2.66. The fourth-order valence-electron chi connectivity index (χ4n) is 1.10. The highest BCUT2D eigenvalue weighted by atomic mass is 79.9. The van der Waals surface area contributed by atoms with Crippen molar-refractivity contribution in [3.05, 3.63) is 28.1 Å². The summed E-state index contributed by atoms with van der Waals surface area (Å²) in [5.74, 6) is 0. The zero-order chi connectivity index (χ0) is 8.72. The molecule has 2 rings (SSSR count). The van der Waals surface area contributed by atoms with Crippen LogP contribution >= 0.6 is 15.9 Å². The lowest BCUT2D eigenvalue weighted by Crippen LogP contribution is -1.90. The van der Waals surface area contributed by atoms with E-state index in [4.69, 9.17) is 0 Å². The molecule has 3 nitrogen and oxygen atoms in total. The fraction of sp³-hybridized carbons (Fsp3) is 0.250. The number of halogens is 1. The number of nitrogens with zero attached hydrogens (tertiary/aromatic N) is 3. The van der Waals surface area contributed by atoms with Gasteiger partial charge >= 0.3 is 0 Å². The lowest BCUT2D eigenvalue weighted by Gasteiger charge is -1.93. The zero-order valence-corrected chi connectivity index (χ0v) is 8.46. The van der Waals surface area contributed by atoms with Gasteiger partial charge in [-0.05, 0) is 35.8 Å². The molecule has 0 bridgehead atoms. The van der Waals surface area contributed by atoms with Gasteiger partial charge in [-0.3, -0.25) is 0 Å². The molecule has 0 unspecified atom stereocenters. The summed E-state index contributed by atoms with van der Waals surface area (Å²) in [5, 5.41) is 4.26. The Morgan fingerprint density at radius 3 is 2.92 bits per heavy atom. The molecule has 0 aromatic carbocycles. The maximum Gasteiger partial charge on any atom is 0.169 e. The molecule has 12 heavy (non-hydrogen) atoms. The van der Waals surface area contributed by atoms with Gasteiger partial charge in [-0.1, -0.05) is 0 Å². The Kier molecular flexibility index (Phi) is 1.65. The maximum atomic E-state index is 4.35. The van der Waals surface area contributed by atoms with Crippen LogP contribution < -0.4 is 0 Å². The number of aryl methyl sites for hydroxylation is 2. The van der Waals surface area contributed by atoms with E-state index in [1.807, 2.05) is 26.1 Å². The molecular weight excluding hydrogens is 218 g/mol. The molecule has 0 aliphatic heterocycles. The first-order valence-corrected chi connectivity index (χ1v) is 4.46. The van der Waals surface area contributed by atoms with Crippen molar-refractivity contribution in [2.24, 2.45) is 0 Å². The number of aromatic nitrogens is 3. The van der Waals surface area contributed by atoms with Gasteiger partial charge in [0.05, 0.1) is 10.2 Å². The Labute approximate surface area is 78.6 Å². The van der Waals surface area contributed by atoms with Crippen LogP contribution in [0.4, 0.5) is 0 Å². The minimum Gasteiger partial charge on any atom is -0.233 e. The summed E-state index contributed by atoms with van der Waals surface area (Å²) >= 11 is 3.44. The van der Waals surface area contributed by atoms with Gasteiger partial charge in [0.15, 0.2) is 5.65 Å². The van der Waals surface area contributed by atoms with Gasteiger partial charge in [0.25, 0.3) is 0 Å². The van der Waals surface area contributed by atoms with E-state index in [1.54, 1.807) is 4.52 Å². The predicted octanol–water partition coefficient (Wildman–Crippen LogP) is 2.11. The number of hydrogen-bond acceptors (Lipinski definition) is 2. The van der Waals surface area contributed by atoms with Crippen LogP contribution in [0.15, 0.2) is 16.7 Å². The Morgan fingerprint density at radius 2 is 2.17 bits per heavy atom. The van der Waals surface area contributed by atoms with E-state index < -0.39 is 0 Å². The van der Waals surface area contributed by atoms with Gasteiger partial charge in [-0.15, -0.1) is 0 Å². The average molecular weight is 226 g/mol. The van der Waals surface area contributed by atoms with Crippen LogP contribution in [0.25, 0.3) is 5.65 Å². The third-order valence-electron chi connectivity index (χ3n) is 1.73. The molecule has 2 aromatic rings. The van der Waals surface area contributed by atoms with Crippen molar-refractivity contribution in [3.63, 3.8) is 0 Å². The smallest absolute Gasteiger partial charge is 0.169 e. The molecule has 0 saturated heterocycles. The van der Waals surface area contributed by atoms with Crippen LogP contribution in [0.1, 0.15) is 11.4 Å². The summed E-state index contributed by atoms with van der Waals surface area (Å²) < 4.78 is 2.75. The van der Waals surface area contributed by atoms with E-state index in [1.165, 1.54) is 0 Å². The van der Waals surface area contributed by atoms with Gasteiger partial charge in [0.2, 0.25) is 0 Å². The van der Waals surface area contributed by atoms with Crippen LogP contribution in [-0.2, 0) is 0 Å². The first kappa shape index (κ1) is 7.73. The van der Waals surface area contributed by atoms with Crippen molar-refractivity contribution in [1.29, 1.82) is 0 Å². The highest BCUT2D eigenvalue weighted by Gasteiger charge is 2.06. The molecule has 0 spiro atoms. The fourth-order valence-corrected chi connectivity index (χ4v) is 1.45. The molecule has 0 aliphatic rings. The highest BCUT2D eigenvalue weighted by molar-refractivity contribution is 9.10. The Bertz CT molecular complexity index is 433. The summed E-state index contributed by atoms with van der Waals surface area (Å²) in [6.07, 6.45) is 1.91. The molecule has 0 amide bonds. The van der Waals surface area contributed by atoms with Crippen molar-refractivity contribution in [1.82, 2.24) is 14.6 Å². The molecule has 0 saturated carbocycles. The zero-order valence-electron chi connectivity index (χ0n) is 6.87. The number of fused-ring (bicyclic) bond motifs is 1. The minimum atomic E-state index is 0.882.